The number of nitrogens with zero attached hydrogens (tertiary/aromatic N) is 4. The van der Waals surface area contributed by atoms with E-state index in [1.807, 2.05) is 6.07 Å². The molecule has 2 aromatic heterocycles. The Hall–Kier alpha value is -1.69. The zero-order chi connectivity index (χ0) is 14.4. The van der Waals surface area contributed by atoms with Crippen molar-refractivity contribution in [3.05, 3.63) is 29.7 Å². The SMILES string of the molecule is CC(=O)c1ccnc(Sc2nnc(C3CC3)n2C2CC2)c1. The second-order valence-electron chi connectivity index (χ2n) is 5.76. The third-order valence-electron chi connectivity index (χ3n) is 3.88. The van der Waals surface area contributed by atoms with Gasteiger partial charge in [0.25, 0.3) is 0 Å². The van der Waals surface area contributed by atoms with Crippen molar-refractivity contribution in [1.29, 1.82) is 0 Å². The molecular formula is C15H16N4OS. The molecule has 0 N–H and O–H groups in total. The fraction of sp³-hybridized carbons (Fsp3) is 0.467. The normalized spacial score (nSPS) is 18.0. The maximum atomic E-state index is 11.5. The van der Waals surface area contributed by atoms with Crippen LogP contribution in [0.5, 0.6) is 0 Å². The average molecular weight is 300 g/mol. The number of hydrogen-bond acceptors (Lipinski definition) is 5. The Labute approximate surface area is 127 Å². The summed E-state index contributed by atoms with van der Waals surface area (Å²) in [4.78, 5) is 15.8. The van der Waals surface area contributed by atoms with Gasteiger partial charge in [0, 0.05) is 23.7 Å². The molecule has 21 heavy (non-hydrogen) atoms. The summed E-state index contributed by atoms with van der Waals surface area (Å²) in [6.45, 7) is 1.57. The number of pyridine rings is 1. The second kappa shape index (κ2) is 4.94. The molecule has 0 bridgehead atoms. The molecule has 6 heteroatoms. The van der Waals surface area contributed by atoms with Crippen molar-refractivity contribution >= 4 is 17.5 Å². The highest BCUT2D eigenvalue weighted by molar-refractivity contribution is 7.99. The van der Waals surface area contributed by atoms with E-state index in [1.54, 1.807) is 19.2 Å². The van der Waals surface area contributed by atoms with E-state index in [1.165, 1.54) is 37.4 Å². The summed E-state index contributed by atoms with van der Waals surface area (Å²) < 4.78 is 2.30. The second-order valence-corrected chi connectivity index (χ2v) is 6.74. The first-order valence-corrected chi connectivity index (χ1v) is 8.13. The predicted molar refractivity (Wildman–Crippen MR) is 78.6 cm³/mol. The van der Waals surface area contributed by atoms with Gasteiger partial charge in [-0.25, -0.2) is 4.98 Å². The summed E-state index contributed by atoms with van der Waals surface area (Å²) >= 11 is 1.51. The Kier molecular flexibility index (Phi) is 3.06. The van der Waals surface area contributed by atoms with Crippen LogP contribution in [0, 0.1) is 0 Å². The quantitative estimate of drug-likeness (QED) is 0.793. The number of aromatic nitrogens is 4. The smallest absolute Gasteiger partial charge is 0.197 e. The minimum Gasteiger partial charge on any atom is -0.302 e. The van der Waals surface area contributed by atoms with Crippen molar-refractivity contribution in [2.45, 2.75) is 54.7 Å². The lowest BCUT2D eigenvalue weighted by Gasteiger charge is -2.07. The van der Waals surface area contributed by atoms with E-state index in [0.29, 0.717) is 17.5 Å². The lowest BCUT2D eigenvalue weighted by molar-refractivity contribution is 0.101. The van der Waals surface area contributed by atoms with Gasteiger partial charge in [-0.3, -0.25) is 4.79 Å². The van der Waals surface area contributed by atoms with Crippen LogP contribution in [-0.4, -0.2) is 25.5 Å². The lowest BCUT2D eigenvalue weighted by atomic mass is 10.2. The lowest BCUT2D eigenvalue weighted by Crippen LogP contribution is -2.02. The van der Waals surface area contributed by atoms with E-state index in [-0.39, 0.29) is 5.78 Å². The highest BCUT2D eigenvalue weighted by Crippen LogP contribution is 2.46. The minimum atomic E-state index is 0.0570. The van der Waals surface area contributed by atoms with Crippen LogP contribution >= 0.6 is 11.8 Å². The van der Waals surface area contributed by atoms with Crippen molar-refractivity contribution in [2.24, 2.45) is 0 Å². The van der Waals surface area contributed by atoms with Gasteiger partial charge in [-0.15, -0.1) is 10.2 Å². The molecule has 2 aliphatic rings. The molecule has 2 aliphatic carbocycles. The monoisotopic (exact) mass is 300 g/mol. The van der Waals surface area contributed by atoms with Crippen molar-refractivity contribution < 1.29 is 4.79 Å². The summed E-state index contributed by atoms with van der Waals surface area (Å²) in [7, 11) is 0. The third kappa shape index (κ3) is 2.60. The van der Waals surface area contributed by atoms with Crippen LogP contribution in [0.3, 0.4) is 0 Å². The highest BCUT2D eigenvalue weighted by atomic mass is 32.2. The van der Waals surface area contributed by atoms with Crippen molar-refractivity contribution in [1.82, 2.24) is 19.7 Å². The molecule has 0 aliphatic heterocycles. The Morgan fingerprint density at radius 2 is 2.10 bits per heavy atom. The van der Waals surface area contributed by atoms with Gasteiger partial charge in [-0.1, -0.05) is 0 Å². The maximum Gasteiger partial charge on any atom is 0.197 e. The molecular weight excluding hydrogens is 284 g/mol. The molecule has 0 unspecified atom stereocenters. The summed E-state index contributed by atoms with van der Waals surface area (Å²) in [5.74, 6) is 1.80. The molecule has 2 fully saturated rings. The first-order chi connectivity index (χ1) is 10.2. The summed E-state index contributed by atoms with van der Waals surface area (Å²) in [6, 6.07) is 4.14. The van der Waals surface area contributed by atoms with Gasteiger partial charge in [0.2, 0.25) is 0 Å². The van der Waals surface area contributed by atoms with Gasteiger partial charge in [-0.05, 0) is 56.5 Å². The Bertz CT molecular complexity index is 703. The van der Waals surface area contributed by atoms with Crippen molar-refractivity contribution in [3.63, 3.8) is 0 Å². The zero-order valence-corrected chi connectivity index (χ0v) is 12.6. The molecule has 0 radical (unpaired) electrons. The van der Waals surface area contributed by atoms with Crippen LogP contribution in [0.25, 0.3) is 0 Å². The van der Waals surface area contributed by atoms with Gasteiger partial charge >= 0.3 is 0 Å². The van der Waals surface area contributed by atoms with Crippen molar-refractivity contribution in [3.8, 4) is 0 Å². The number of ketones is 1. The fourth-order valence-electron chi connectivity index (χ4n) is 2.43. The molecule has 4 rings (SSSR count). The van der Waals surface area contributed by atoms with Crippen LogP contribution in [0.2, 0.25) is 0 Å². The topological polar surface area (TPSA) is 60.7 Å². The van der Waals surface area contributed by atoms with E-state index in [0.717, 1.165) is 16.0 Å². The van der Waals surface area contributed by atoms with Crippen LogP contribution in [0.15, 0.2) is 28.5 Å². The number of carbonyl (C=O) groups is 1. The molecule has 108 valence electrons. The van der Waals surface area contributed by atoms with Crippen LogP contribution in [0.1, 0.15) is 60.7 Å². The zero-order valence-electron chi connectivity index (χ0n) is 11.8. The largest absolute Gasteiger partial charge is 0.302 e. The maximum absolute atomic E-state index is 11.5. The Balaban J connectivity index is 1.65. The number of carbonyl (C=O) groups excluding carboxylic acids is 1. The number of hydrogen-bond donors (Lipinski definition) is 0. The van der Waals surface area contributed by atoms with E-state index in [4.69, 9.17) is 0 Å². The Morgan fingerprint density at radius 1 is 1.29 bits per heavy atom. The fourth-order valence-corrected chi connectivity index (χ4v) is 3.34. The molecule has 0 saturated heterocycles. The van der Waals surface area contributed by atoms with Gasteiger partial charge in [0.1, 0.15) is 10.9 Å². The van der Waals surface area contributed by atoms with E-state index in [9.17, 15) is 4.79 Å². The predicted octanol–water partition coefficient (Wildman–Crippen LogP) is 3.24. The highest BCUT2D eigenvalue weighted by Gasteiger charge is 2.36. The first-order valence-electron chi connectivity index (χ1n) is 7.32. The van der Waals surface area contributed by atoms with Gasteiger partial charge in [-0.2, -0.15) is 0 Å². The summed E-state index contributed by atoms with van der Waals surface area (Å²) in [5.41, 5.74) is 0.687. The number of rotatable bonds is 5. The number of Topliss-reactive ketones (excluding diaryl/α,β-unsaturated/α-hetero) is 1. The Morgan fingerprint density at radius 3 is 2.76 bits per heavy atom. The van der Waals surface area contributed by atoms with Gasteiger partial charge in [0.05, 0.1) is 0 Å². The molecule has 2 saturated carbocycles. The summed E-state index contributed by atoms with van der Waals surface area (Å²) in [6.07, 6.45) is 6.57. The van der Waals surface area contributed by atoms with Crippen molar-refractivity contribution in [2.75, 3.05) is 0 Å². The molecule has 0 aromatic carbocycles. The van der Waals surface area contributed by atoms with E-state index < -0.39 is 0 Å². The standard InChI is InChI=1S/C15H16N4OS/c1-9(20)11-6-7-16-13(8-11)21-15-18-17-14(10-2-3-10)19(15)12-4-5-12/h6-8,10,12H,2-5H2,1H3. The van der Waals surface area contributed by atoms with Crippen LogP contribution < -0.4 is 0 Å². The van der Waals surface area contributed by atoms with E-state index in [2.05, 4.69) is 19.7 Å². The van der Waals surface area contributed by atoms with Gasteiger partial charge < -0.3 is 4.57 Å². The molecule has 2 aromatic rings. The average Bonchev–Trinajstić information content (AvgIpc) is 3.39. The van der Waals surface area contributed by atoms with Gasteiger partial charge in [0.15, 0.2) is 10.9 Å². The molecule has 5 nitrogen and oxygen atoms in total. The first kappa shape index (κ1) is 13.0. The molecule has 2 heterocycles. The third-order valence-corrected chi connectivity index (χ3v) is 4.78. The minimum absolute atomic E-state index is 0.0570. The summed E-state index contributed by atoms with van der Waals surface area (Å²) in [5, 5.41) is 10.5. The molecule has 0 amide bonds. The molecule has 0 spiro atoms. The van der Waals surface area contributed by atoms with Crippen LogP contribution in [0.4, 0.5) is 0 Å². The van der Waals surface area contributed by atoms with Crippen LogP contribution in [-0.2, 0) is 0 Å². The van der Waals surface area contributed by atoms with E-state index >= 15 is 0 Å². The molecule has 0 atom stereocenters.